The maximum Gasteiger partial charge on any atom is 0.254 e. The van der Waals surface area contributed by atoms with Gasteiger partial charge in [0.25, 0.3) is 5.91 Å². The number of likely N-dealkylation sites (tertiary alicyclic amines) is 1. The lowest BCUT2D eigenvalue weighted by atomic mass is 9.88. The van der Waals surface area contributed by atoms with E-state index in [0.29, 0.717) is 32.6 Å². The summed E-state index contributed by atoms with van der Waals surface area (Å²) in [6, 6.07) is 23.4. The van der Waals surface area contributed by atoms with Crippen LogP contribution in [0.4, 0.5) is 4.39 Å². The average molecular weight is 651 g/mol. The summed E-state index contributed by atoms with van der Waals surface area (Å²) in [7, 11) is 0.616. The second kappa shape index (κ2) is 14.2. The van der Waals surface area contributed by atoms with Crippen molar-refractivity contribution in [3.63, 3.8) is 0 Å². The molecule has 1 amide bonds. The highest BCUT2D eigenvalue weighted by Gasteiger charge is 2.26. The number of hydrogen-bond donors (Lipinski definition) is 0. The second-order valence-electron chi connectivity index (χ2n) is 11.5. The summed E-state index contributed by atoms with van der Waals surface area (Å²) in [5.41, 5.74) is 2.80. The predicted molar refractivity (Wildman–Crippen MR) is 177 cm³/mol. The monoisotopic (exact) mass is 649 g/mol. The van der Waals surface area contributed by atoms with Crippen molar-refractivity contribution in [1.82, 2.24) is 9.80 Å². The van der Waals surface area contributed by atoms with Gasteiger partial charge in [-0.15, -0.1) is 0 Å². The molecule has 0 saturated carbocycles. The van der Waals surface area contributed by atoms with Crippen molar-refractivity contribution in [3.8, 4) is 6.07 Å². The minimum absolute atomic E-state index is 0.0146. The Bertz CT molecular complexity index is 1750. The Morgan fingerprint density at radius 1 is 1.07 bits per heavy atom. The zero-order valence-corrected chi connectivity index (χ0v) is 27.1. The Morgan fingerprint density at radius 2 is 1.82 bits per heavy atom. The molecule has 4 aromatic carbocycles. The molecular formula is C35H34Cl2FN3O2S. The minimum atomic E-state index is -1.18. The van der Waals surface area contributed by atoms with Gasteiger partial charge >= 0.3 is 0 Å². The smallest absolute Gasteiger partial charge is 0.254 e. The van der Waals surface area contributed by atoms with Crippen molar-refractivity contribution in [2.24, 2.45) is 0 Å². The largest absolute Gasteiger partial charge is 0.341 e. The molecule has 1 fully saturated rings. The third-order valence-electron chi connectivity index (χ3n) is 8.58. The van der Waals surface area contributed by atoms with Gasteiger partial charge in [-0.2, -0.15) is 5.26 Å². The zero-order chi connectivity index (χ0) is 31.4. The first-order valence-electron chi connectivity index (χ1n) is 14.6. The number of hydrogen-bond acceptors (Lipinski definition) is 4. The molecule has 1 aliphatic heterocycles. The molecule has 44 heavy (non-hydrogen) atoms. The van der Waals surface area contributed by atoms with Gasteiger partial charge in [0.15, 0.2) is 0 Å². The number of fused-ring (bicyclic) bond motifs is 1. The first kappa shape index (κ1) is 32.1. The van der Waals surface area contributed by atoms with Gasteiger partial charge in [-0.3, -0.25) is 9.00 Å². The van der Waals surface area contributed by atoms with Crippen LogP contribution in [0.3, 0.4) is 0 Å². The molecule has 5 nitrogen and oxygen atoms in total. The number of nitrogens with zero attached hydrogens (tertiary/aromatic N) is 3. The SMILES string of the molecule is CN(C[C@@H](CCN1CCC(c2cc(F)ccc2S(C)=O)CC1)c1ccc(Cl)c(Cl)c1)C(=O)c1cc(C#N)cc2ccccc12. The van der Waals surface area contributed by atoms with E-state index in [0.717, 1.165) is 60.8 Å². The number of benzene rings is 4. The predicted octanol–water partition coefficient (Wildman–Crippen LogP) is 8.02. The molecule has 0 radical (unpaired) electrons. The van der Waals surface area contributed by atoms with Gasteiger partial charge in [-0.25, -0.2) is 4.39 Å². The first-order valence-corrected chi connectivity index (χ1v) is 16.9. The average Bonchev–Trinajstić information content (AvgIpc) is 3.03. The lowest BCUT2D eigenvalue weighted by Crippen LogP contribution is -2.36. The van der Waals surface area contributed by atoms with Crippen LogP contribution < -0.4 is 0 Å². The number of piperidine rings is 1. The van der Waals surface area contributed by atoms with Crippen molar-refractivity contribution >= 4 is 50.7 Å². The van der Waals surface area contributed by atoms with Crippen LogP contribution in [0.2, 0.25) is 10.0 Å². The molecule has 5 rings (SSSR count). The van der Waals surface area contributed by atoms with Crippen molar-refractivity contribution in [1.29, 1.82) is 5.26 Å². The van der Waals surface area contributed by atoms with Crippen LogP contribution in [-0.4, -0.2) is 59.4 Å². The normalized spacial score (nSPS) is 15.5. The Balaban J connectivity index is 1.31. The van der Waals surface area contributed by atoms with Crippen LogP contribution in [-0.2, 0) is 10.8 Å². The van der Waals surface area contributed by atoms with E-state index < -0.39 is 10.8 Å². The van der Waals surface area contributed by atoms with E-state index in [4.69, 9.17) is 23.2 Å². The van der Waals surface area contributed by atoms with Gasteiger partial charge < -0.3 is 9.80 Å². The van der Waals surface area contributed by atoms with Gasteiger partial charge in [0, 0.05) is 36.2 Å². The molecule has 1 heterocycles. The third-order valence-corrected chi connectivity index (χ3v) is 10.3. The fraction of sp³-hybridized carbons (Fsp3) is 0.314. The number of halogens is 3. The number of nitriles is 1. The zero-order valence-electron chi connectivity index (χ0n) is 24.7. The minimum Gasteiger partial charge on any atom is -0.341 e. The topological polar surface area (TPSA) is 64.4 Å². The van der Waals surface area contributed by atoms with E-state index in [2.05, 4.69) is 11.0 Å². The molecule has 2 atom stereocenters. The van der Waals surface area contributed by atoms with Crippen molar-refractivity contribution in [2.75, 3.05) is 39.5 Å². The summed E-state index contributed by atoms with van der Waals surface area (Å²) < 4.78 is 26.4. The van der Waals surface area contributed by atoms with E-state index in [1.54, 1.807) is 48.5 Å². The number of amides is 1. The summed E-state index contributed by atoms with van der Waals surface area (Å²) in [6.45, 7) is 2.94. The van der Waals surface area contributed by atoms with Crippen LogP contribution >= 0.6 is 23.2 Å². The van der Waals surface area contributed by atoms with Crippen molar-refractivity contribution in [3.05, 3.63) is 111 Å². The van der Waals surface area contributed by atoms with E-state index >= 15 is 0 Å². The summed E-state index contributed by atoms with van der Waals surface area (Å²) in [4.78, 5) is 18.6. The first-order chi connectivity index (χ1) is 21.1. The number of carbonyl (C=O) groups excluding carboxylic acids is 1. The highest BCUT2D eigenvalue weighted by Crippen LogP contribution is 2.34. The Kier molecular flexibility index (Phi) is 10.4. The van der Waals surface area contributed by atoms with Gasteiger partial charge in [-0.05, 0) is 109 Å². The molecule has 4 aromatic rings. The van der Waals surface area contributed by atoms with E-state index in [-0.39, 0.29) is 23.6 Å². The van der Waals surface area contributed by atoms with Crippen LogP contribution in [0.25, 0.3) is 10.8 Å². The Labute approximate surface area is 270 Å². The highest BCUT2D eigenvalue weighted by molar-refractivity contribution is 7.84. The molecule has 1 aliphatic rings. The summed E-state index contributed by atoms with van der Waals surface area (Å²) in [5, 5.41) is 12.2. The molecule has 1 unspecified atom stereocenters. The molecule has 1 saturated heterocycles. The quantitative estimate of drug-likeness (QED) is 0.184. The van der Waals surface area contributed by atoms with E-state index in [1.165, 1.54) is 6.07 Å². The van der Waals surface area contributed by atoms with E-state index in [9.17, 15) is 18.7 Å². The summed E-state index contributed by atoms with van der Waals surface area (Å²) in [5.74, 6) is -0.302. The fourth-order valence-corrected chi connectivity index (χ4v) is 7.33. The molecule has 0 spiro atoms. The molecule has 0 bridgehead atoms. The molecule has 228 valence electrons. The second-order valence-corrected chi connectivity index (χ2v) is 13.6. The molecular weight excluding hydrogens is 616 g/mol. The van der Waals surface area contributed by atoms with Gasteiger partial charge in [0.05, 0.1) is 32.5 Å². The summed E-state index contributed by atoms with van der Waals surface area (Å²) in [6.07, 6.45) is 4.13. The maximum atomic E-state index is 14.1. The Hall–Kier alpha value is -3.28. The molecule has 0 aromatic heterocycles. The lowest BCUT2D eigenvalue weighted by molar-refractivity contribution is 0.0783. The Morgan fingerprint density at radius 3 is 2.52 bits per heavy atom. The maximum absolute atomic E-state index is 14.1. The number of carbonyl (C=O) groups is 1. The standard InChI is InChI=1S/C35H34Cl2FN3O2S/c1-40(35(42)31-18-23(21-39)17-26-5-3-4-6-29(26)31)22-27(25-7-9-32(36)33(37)19-25)13-16-41-14-11-24(12-15-41)30-20-28(38)8-10-34(30)44(2)43/h3-10,17-20,24,27H,11-16,22H2,1-2H3/t27-,44?/m1/s1. The third kappa shape index (κ3) is 7.33. The molecule has 0 N–H and O–H groups in total. The van der Waals surface area contributed by atoms with Crippen molar-refractivity contribution in [2.45, 2.75) is 36.0 Å². The van der Waals surface area contributed by atoms with Gasteiger partial charge in [0.1, 0.15) is 5.82 Å². The molecule has 9 heteroatoms. The fourth-order valence-electron chi connectivity index (χ4n) is 6.21. The number of rotatable bonds is 9. The lowest BCUT2D eigenvalue weighted by Gasteiger charge is -2.34. The van der Waals surface area contributed by atoms with Crippen LogP contribution in [0.15, 0.2) is 77.7 Å². The van der Waals surface area contributed by atoms with Crippen LogP contribution in [0.1, 0.15) is 58.1 Å². The van der Waals surface area contributed by atoms with Crippen LogP contribution in [0.5, 0.6) is 0 Å². The van der Waals surface area contributed by atoms with Gasteiger partial charge in [-0.1, -0.05) is 53.5 Å². The van der Waals surface area contributed by atoms with Gasteiger partial charge in [0.2, 0.25) is 0 Å². The highest BCUT2D eigenvalue weighted by atomic mass is 35.5. The van der Waals surface area contributed by atoms with Crippen LogP contribution in [0, 0.1) is 17.1 Å². The van der Waals surface area contributed by atoms with Crippen molar-refractivity contribution < 1.29 is 13.4 Å². The molecule has 0 aliphatic carbocycles. The summed E-state index contributed by atoms with van der Waals surface area (Å²) >= 11 is 12.7. The number of likely N-dealkylation sites (N-methyl/N-ethyl adjacent to an activating group) is 1. The van der Waals surface area contributed by atoms with E-state index in [1.807, 2.05) is 36.4 Å².